The number of aromatic hydroxyl groups is 1. The maximum Gasteiger partial charge on any atom is 0.322 e. The van der Waals surface area contributed by atoms with Crippen molar-refractivity contribution in [2.24, 2.45) is 0 Å². The van der Waals surface area contributed by atoms with Crippen molar-refractivity contribution < 1.29 is 29.7 Å². The highest BCUT2D eigenvalue weighted by Gasteiger charge is 2.50. The molecule has 8 heteroatoms. The average Bonchev–Trinajstić information content (AvgIpc) is 3.34. The minimum atomic E-state index is -1.24. The average molecular weight is 396 g/mol. The molecular weight excluding hydrogens is 376 g/mol. The number of rotatable bonds is 4. The van der Waals surface area contributed by atoms with E-state index in [4.69, 9.17) is 5.11 Å². The number of aliphatic hydroxyl groups excluding tert-OH is 1. The number of carboxylic acid groups (broad SMARTS) is 1. The number of nitrogens with one attached hydrogen (secondary N) is 1. The lowest BCUT2D eigenvalue weighted by atomic mass is 9.84. The number of aliphatic hydroxyl groups is 1. The van der Waals surface area contributed by atoms with Crippen LogP contribution in [0.25, 0.3) is 11.3 Å². The van der Waals surface area contributed by atoms with Crippen molar-refractivity contribution >= 4 is 17.7 Å². The first kappa shape index (κ1) is 18.8. The summed E-state index contributed by atoms with van der Waals surface area (Å²) in [6, 6.07) is 9.90. The molecule has 1 fully saturated rings. The van der Waals surface area contributed by atoms with Crippen LogP contribution in [0.5, 0.6) is 5.75 Å². The first-order valence-corrected chi connectivity index (χ1v) is 9.35. The molecule has 0 bridgehead atoms. The maximum atomic E-state index is 13.1. The minimum Gasteiger partial charge on any atom is -0.509 e. The van der Waals surface area contributed by atoms with E-state index in [0.29, 0.717) is 18.5 Å². The van der Waals surface area contributed by atoms with E-state index in [0.717, 1.165) is 18.4 Å². The van der Waals surface area contributed by atoms with Crippen LogP contribution in [0.3, 0.4) is 0 Å². The third-order valence-corrected chi connectivity index (χ3v) is 5.67. The number of aliphatic carboxylic acids is 1. The monoisotopic (exact) mass is 396 g/mol. The molecule has 0 atom stereocenters. The number of amides is 1. The number of ketones is 1. The molecule has 0 radical (unpaired) electrons. The highest BCUT2D eigenvalue weighted by molar-refractivity contribution is 6.26. The van der Waals surface area contributed by atoms with Crippen LogP contribution in [0.1, 0.15) is 36.2 Å². The standard InChI is InChI=1S/C21H20N2O6/c24-13-5-3-12(4-6-13)14-7-8-15-18(27)17(20(29)22-11-16(25)26)19(28)21(23(14)15)9-1-2-10-21/h3-8,24,28H,1-2,9-11H2,(H,22,29)(H,25,26). The largest absolute Gasteiger partial charge is 0.509 e. The molecule has 1 aliphatic carbocycles. The molecule has 29 heavy (non-hydrogen) atoms. The fourth-order valence-electron chi connectivity index (χ4n) is 4.38. The molecule has 8 nitrogen and oxygen atoms in total. The highest BCUT2D eigenvalue weighted by atomic mass is 16.4. The fraction of sp³-hybridized carbons (Fsp3) is 0.286. The van der Waals surface area contributed by atoms with Gasteiger partial charge in [0.2, 0.25) is 5.78 Å². The molecule has 1 aliphatic heterocycles. The fourth-order valence-corrected chi connectivity index (χ4v) is 4.38. The van der Waals surface area contributed by atoms with Gasteiger partial charge in [-0.3, -0.25) is 14.4 Å². The molecule has 4 N–H and O–H groups in total. The normalized spacial score (nSPS) is 17.4. The summed E-state index contributed by atoms with van der Waals surface area (Å²) in [5.74, 6) is -2.97. The minimum absolute atomic E-state index is 0.117. The van der Waals surface area contributed by atoms with E-state index in [1.807, 2.05) is 0 Å². The Morgan fingerprint density at radius 1 is 1.00 bits per heavy atom. The molecule has 0 saturated heterocycles. The smallest absolute Gasteiger partial charge is 0.322 e. The number of benzene rings is 1. The number of carbonyl (C=O) groups is 3. The molecule has 2 aliphatic rings. The van der Waals surface area contributed by atoms with Gasteiger partial charge in [0.25, 0.3) is 5.91 Å². The Balaban J connectivity index is 1.86. The molecule has 0 unspecified atom stereocenters. The van der Waals surface area contributed by atoms with Crippen molar-refractivity contribution in [1.29, 1.82) is 0 Å². The Kier molecular flexibility index (Phi) is 4.41. The van der Waals surface area contributed by atoms with Crippen LogP contribution < -0.4 is 5.32 Å². The van der Waals surface area contributed by atoms with Gasteiger partial charge < -0.3 is 25.2 Å². The number of carboxylic acids is 1. The van der Waals surface area contributed by atoms with Gasteiger partial charge in [0.1, 0.15) is 29.2 Å². The lowest BCUT2D eigenvalue weighted by Crippen LogP contribution is -2.44. The van der Waals surface area contributed by atoms with Crippen molar-refractivity contribution in [2.45, 2.75) is 31.2 Å². The molecule has 1 amide bonds. The topological polar surface area (TPSA) is 129 Å². The van der Waals surface area contributed by atoms with Crippen LogP contribution in [0.4, 0.5) is 0 Å². The van der Waals surface area contributed by atoms with Crippen molar-refractivity contribution in [3.8, 4) is 17.0 Å². The first-order chi connectivity index (χ1) is 13.8. The number of phenolic OH excluding ortho intramolecular Hbond substituents is 1. The van der Waals surface area contributed by atoms with Gasteiger partial charge >= 0.3 is 5.97 Å². The Morgan fingerprint density at radius 3 is 2.24 bits per heavy atom. The van der Waals surface area contributed by atoms with Gasteiger partial charge in [-0.2, -0.15) is 0 Å². The quantitative estimate of drug-likeness (QED) is 0.587. The highest BCUT2D eigenvalue weighted by Crippen LogP contribution is 2.49. The van der Waals surface area contributed by atoms with Crippen LogP contribution in [0, 0.1) is 0 Å². The van der Waals surface area contributed by atoms with E-state index in [2.05, 4.69) is 5.32 Å². The molecule has 2 heterocycles. The van der Waals surface area contributed by atoms with Crippen LogP contribution in [-0.2, 0) is 15.1 Å². The van der Waals surface area contributed by atoms with E-state index >= 15 is 0 Å². The zero-order valence-electron chi connectivity index (χ0n) is 15.5. The van der Waals surface area contributed by atoms with Crippen molar-refractivity contribution in [3.63, 3.8) is 0 Å². The second-order valence-electron chi connectivity index (χ2n) is 7.35. The van der Waals surface area contributed by atoms with E-state index in [1.165, 1.54) is 0 Å². The molecule has 1 saturated carbocycles. The lowest BCUT2D eigenvalue weighted by molar-refractivity contribution is -0.137. The van der Waals surface area contributed by atoms with Crippen molar-refractivity contribution in [2.75, 3.05) is 6.54 Å². The number of hydrogen-bond donors (Lipinski definition) is 4. The Hall–Kier alpha value is -3.55. The lowest BCUT2D eigenvalue weighted by Gasteiger charge is -2.38. The summed E-state index contributed by atoms with van der Waals surface area (Å²) in [7, 11) is 0. The summed E-state index contributed by atoms with van der Waals surface area (Å²) in [5, 5.41) is 31.7. The number of fused-ring (bicyclic) bond motifs is 2. The van der Waals surface area contributed by atoms with Gasteiger partial charge in [-0.05, 0) is 54.8 Å². The first-order valence-electron chi connectivity index (χ1n) is 9.35. The van der Waals surface area contributed by atoms with E-state index in [-0.39, 0.29) is 17.2 Å². The third kappa shape index (κ3) is 2.88. The molecule has 1 aromatic carbocycles. The second-order valence-corrected chi connectivity index (χ2v) is 7.35. The van der Waals surface area contributed by atoms with E-state index < -0.39 is 35.3 Å². The van der Waals surface area contributed by atoms with Gasteiger partial charge in [0, 0.05) is 5.69 Å². The van der Waals surface area contributed by atoms with Gasteiger partial charge in [-0.25, -0.2) is 0 Å². The number of phenols is 1. The molecule has 150 valence electrons. The third-order valence-electron chi connectivity index (χ3n) is 5.67. The zero-order valence-corrected chi connectivity index (χ0v) is 15.5. The van der Waals surface area contributed by atoms with Crippen molar-refractivity contribution in [1.82, 2.24) is 9.88 Å². The zero-order chi connectivity index (χ0) is 20.8. The van der Waals surface area contributed by atoms with Gasteiger partial charge in [-0.1, -0.05) is 12.8 Å². The summed E-state index contributed by atoms with van der Waals surface area (Å²) >= 11 is 0. The number of carbonyl (C=O) groups excluding carboxylic acids is 2. The summed E-state index contributed by atoms with van der Waals surface area (Å²) in [6.07, 6.45) is 2.73. The predicted octanol–water partition coefficient (Wildman–Crippen LogP) is 2.34. The van der Waals surface area contributed by atoms with Crippen LogP contribution in [0.2, 0.25) is 0 Å². The molecular formula is C21H20N2O6. The summed E-state index contributed by atoms with van der Waals surface area (Å²) < 4.78 is 1.79. The Labute approximate surface area is 166 Å². The number of hydrogen-bond acceptors (Lipinski definition) is 5. The number of allylic oxidation sites excluding steroid dienone is 1. The molecule has 2 aromatic rings. The summed E-state index contributed by atoms with van der Waals surface area (Å²) in [6.45, 7) is -0.643. The van der Waals surface area contributed by atoms with E-state index in [1.54, 1.807) is 41.0 Å². The molecule has 1 aromatic heterocycles. The van der Waals surface area contributed by atoms with Crippen LogP contribution >= 0.6 is 0 Å². The summed E-state index contributed by atoms with van der Waals surface area (Å²) in [5.41, 5.74) is 0.409. The van der Waals surface area contributed by atoms with Crippen LogP contribution in [0.15, 0.2) is 47.7 Å². The van der Waals surface area contributed by atoms with Crippen molar-refractivity contribution in [3.05, 3.63) is 53.4 Å². The predicted molar refractivity (Wildman–Crippen MR) is 103 cm³/mol. The second kappa shape index (κ2) is 6.80. The maximum absolute atomic E-state index is 13.1. The number of Topliss-reactive ketones (excluding diaryl/α,β-unsaturated/α-hetero) is 1. The number of aromatic nitrogens is 1. The summed E-state index contributed by atoms with van der Waals surface area (Å²) in [4.78, 5) is 36.4. The number of nitrogens with zero attached hydrogens (tertiary/aromatic N) is 1. The molecule has 1 spiro atoms. The SMILES string of the molecule is O=C(O)CNC(=O)C1=C(O)C2(CCCC2)n2c(ccc2-c2ccc(O)cc2)C1=O. The molecule has 4 rings (SSSR count). The Bertz CT molecular complexity index is 1040. The van der Waals surface area contributed by atoms with Gasteiger partial charge in [0.15, 0.2) is 0 Å². The van der Waals surface area contributed by atoms with E-state index in [9.17, 15) is 24.6 Å². The van der Waals surface area contributed by atoms with Crippen LogP contribution in [-0.4, -0.2) is 44.1 Å². The van der Waals surface area contributed by atoms with Gasteiger partial charge in [0.05, 0.1) is 5.69 Å². The van der Waals surface area contributed by atoms with Gasteiger partial charge in [-0.15, -0.1) is 0 Å². The Morgan fingerprint density at radius 2 is 1.62 bits per heavy atom.